The maximum absolute atomic E-state index is 12.5. The number of methoxy groups -OCH3 is 1. The van der Waals surface area contributed by atoms with E-state index in [1.54, 1.807) is 12.1 Å². The van der Waals surface area contributed by atoms with E-state index in [0.29, 0.717) is 17.8 Å². The van der Waals surface area contributed by atoms with Crippen LogP contribution >= 0.6 is 0 Å². The Hall–Kier alpha value is -3.42. The lowest BCUT2D eigenvalue weighted by atomic mass is 10.1. The summed E-state index contributed by atoms with van der Waals surface area (Å²) in [6.45, 7) is 2.83. The standard InChI is InChI=1S/C22H28N4O4/c1-4-16-8-10-19-18(14-16)23-26(25(19)22(29)30-3)20-11-9-17(15-21(20)28)24(2)12-6-5-7-13-27/h8-11,13-15,23,28H,4-7,12H2,1-3H3. The van der Waals surface area contributed by atoms with Crippen LogP contribution in [-0.2, 0) is 16.0 Å². The summed E-state index contributed by atoms with van der Waals surface area (Å²) in [4.78, 5) is 24.9. The third-order valence-corrected chi connectivity index (χ3v) is 5.16. The minimum Gasteiger partial charge on any atom is -0.506 e. The number of hydrazine groups is 2. The zero-order valence-electron chi connectivity index (χ0n) is 17.6. The number of aromatic hydroxyl groups is 1. The van der Waals surface area contributed by atoms with E-state index in [2.05, 4.69) is 12.3 Å². The van der Waals surface area contributed by atoms with E-state index in [1.165, 1.54) is 17.2 Å². The second-order valence-electron chi connectivity index (χ2n) is 7.17. The molecule has 0 aliphatic carbocycles. The number of unbranched alkanes of at least 4 members (excludes halogenated alkanes) is 2. The van der Waals surface area contributed by atoms with Gasteiger partial charge in [-0.15, -0.1) is 0 Å². The second kappa shape index (κ2) is 9.39. The van der Waals surface area contributed by atoms with Crippen molar-refractivity contribution in [2.75, 3.05) is 41.2 Å². The summed E-state index contributed by atoms with van der Waals surface area (Å²) in [6, 6.07) is 11.1. The summed E-state index contributed by atoms with van der Waals surface area (Å²) in [5.74, 6) is 0.0252. The number of rotatable bonds is 8. The van der Waals surface area contributed by atoms with Gasteiger partial charge >= 0.3 is 6.09 Å². The van der Waals surface area contributed by atoms with Crippen molar-refractivity contribution in [2.45, 2.75) is 32.6 Å². The van der Waals surface area contributed by atoms with Gasteiger partial charge in [0, 0.05) is 31.8 Å². The molecule has 0 saturated carbocycles. The predicted octanol–water partition coefficient (Wildman–Crippen LogP) is 4.09. The molecule has 0 fully saturated rings. The number of ether oxygens (including phenoxy) is 1. The van der Waals surface area contributed by atoms with Crippen LogP contribution in [0.2, 0.25) is 0 Å². The molecule has 1 heterocycles. The Balaban J connectivity index is 1.85. The number of benzene rings is 2. The first-order valence-corrected chi connectivity index (χ1v) is 10.1. The zero-order valence-corrected chi connectivity index (χ0v) is 17.6. The van der Waals surface area contributed by atoms with Gasteiger partial charge in [-0.3, -0.25) is 5.43 Å². The van der Waals surface area contributed by atoms with Crippen LogP contribution in [0.1, 0.15) is 31.7 Å². The van der Waals surface area contributed by atoms with Crippen LogP contribution in [0.4, 0.5) is 27.5 Å². The predicted molar refractivity (Wildman–Crippen MR) is 118 cm³/mol. The van der Waals surface area contributed by atoms with Crippen LogP contribution in [0.3, 0.4) is 0 Å². The van der Waals surface area contributed by atoms with Gasteiger partial charge in [0.05, 0.1) is 18.5 Å². The number of carbonyl (C=O) groups excluding carboxylic acids is 2. The maximum atomic E-state index is 12.5. The minimum absolute atomic E-state index is 0.0252. The first-order chi connectivity index (χ1) is 14.5. The number of aldehydes is 1. The molecule has 2 aromatic carbocycles. The molecule has 30 heavy (non-hydrogen) atoms. The normalized spacial score (nSPS) is 12.4. The highest BCUT2D eigenvalue weighted by molar-refractivity contribution is 5.99. The molecule has 1 aliphatic rings. The number of fused-ring (bicyclic) bond motifs is 1. The van der Waals surface area contributed by atoms with Gasteiger partial charge < -0.3 is 19.5 Å². The zero-order chi connectivity index (χ0) is 21.7. The molecule has 2 N–H and O–H groups in total. The van der Waals surface area contributed by atoms with Crippen molar-refractivity contribution < 1.29 is 19.4 Å². The number of hydrogen-bond donors (Lipinski definition) is 2. The Kier molecular flexibility index (Phi) is 6.66. The molecule has 0 radical (unpaired) electrons. The number of carbonyl (C=O) groups is 2. The molecule has 0 aromatic heterocycles. The van der Waals surface area contributed by atoms with E-state index < -0.39 is 6.09 Å². The number of hydrogen-bond acceptors (Lipinski definition) is 7. The quantitative estimate of drug-likeness (QED) is 0.499. The van der Waals surface area contributed by atoms with Gasteiger partial charge in [0.1, 0.15) is 17.7 Å². The second-order valence-corrected chi connectivity index (χ2v) is 7.17. The lowest BCUT2D eigenvalue weighted by Gasteiger charge is -2.29. The topological polar surface area (TPSA) is 85.4 Å². The fourth-order valence-electron chi connectivity index (χ4n) is 3.42. The van der Waals surface area contributed by atoms with Gasteiger partial charge in [-0.25, -0.2) is 4.79 Å². The Labute approximate surface area is 176 Å². The van der Waals surface area contributed by atoms with E-state index in [4.69, 9.17) is 4.74 Å². The molecule has 0 bridgehead atoms. The van der Waals surface area contributed by atoms with Crippen LogP contribution in [0.5, 0.6) is 5.75 Å². The fourth-order valence-corrected chi connectivity index (χ4v) is 3.42. The Morgan fingerprint density at radius 3 is 2.63 bits per heavy atom. The van der Waals surface area contributed by atoms with Gasteiger partial charge in [0.2, 0.25) is 0 Å². The average Bonchev–Trinajstić information content (AvgIpc) is 3.14. The van der Waals surface area contributed by atoms with Gasteiger partial charge in [-0.05, 0) is 49.1 Å². The number of amides is 1. The first-order valence-electron chi connectivity index (χ1n) is 10.1. The van der Waals surface area contributed by atoms with Crippen molar-refractivity contribution in [3.63, 3.8) is 0 Å². The third-order valence-electron chi connectivity index (χ3n) is 5.16. The highest BCUT2D eigenvalue weighted by Crippen LogP contribution is 2.41. The molecule has 3 rings (SSSR count). The molecule has 0 spiro atoms. The Bertz CT molecular complexity index is 918. The summed E-state index contributed by atoms with van der Waals surface area (Å²) in [7, 11) is 3.26. The molecular formula is C22H28N4O4. The van der Waals surface area contributed by atoms with Gasteiger partial charge in [-0.1, -0.05) is 13.0 Å². The number of phenols is 1. The molecule has 0 unspecified atom stereocenters. The number of nitrogens with zero attached hydrogens (tertiary/aromatic N) is 3. The largest absolute Gasteiger partial charge is 0.506 e. The maximum Gasteiger partial charge on any atom is 0.434 e. The molecule has 2 aromatic rings. The number of phenolic OH excluding ortho intramolecular Hbond substituents is 1. The Morgan fingerprint density at radius 2 is 1.97 bits per heavy atom. The molecule has 0 saturated heterocycles. The van der Waals surface area contributed by atoms with E-state index in [1.807, 2.05) is 36.2 Å². The molecule has 160 valence electrons. The van der Waals surface area contributed by atoms with Crippen molar-refractivity contribution in [2.24, 2.45) is 0 Å². The lowest BCUT2D eigenvalue weighted by molar-refractivity contribution is -0.107. The number of anilines is 4. The van der Waals surface area contributed by atoms with E-state index >= 15 is 0 Å². The molecule has 1 amide bonds. The number of aryl methyl sites for hydroxylation is 1. The van der Waals surface area contributed by atoms with Gasteiger partial charge in [-0.2, -0.15) is 10.1 Å². The van der Waals surface area contributed by atoms with Gasteiger partial charge in [0.25, 0.3) is 0 Å². The van der Waals surface area contributed by atoms with Gasteiger partial charge in [0.15, 0.2) is 0 Å². The lowest BCUT2D eigenvalue weighted by Crippen LogP contribution is -2.45. The monoisotopic (exact) mass is 412 g/mol. The summed E-state index contributed by atoms with van der Waals surface area (Å²) < 4.78 is 4.96. The summed E-state index contributed by atoms with van der Waals surface area (Å²) in [6.07, 6.45) is 3.51. The van der Waals surface area contributed by atoms with Crippen LogP contribution in [0.15, 0.2) is 36.4 Å². The summed E-state index contributed by atoms with van der Waals surface area (Å²) >= 11 is 0. The van der Waals surface area contributed by atoms with Crippen molar-refractivity contribution in [3.05, 3.63) is 42.0 Å². The first kappa shape index (κ1) is 21.3. The molecule has 0 atom stereocenters. The van der Waals surface area contributed by atoms with Crippen LogP contribution in [0, 0.1) is 0 Å². The van der Waals surface area contributed by atoms with Crippen LogP contribution in [-0.4, -0.2) is 38.2 Å². The SMILES string of the molecule is CCc1ccc2c(c1)NN(c1ccc(N(C)CCCCC=O)cc1O)N2C(=O)OC. The highest BCUT2D eigenvalue weighted by Gasteiger charge is 2.35. The smallest absolute Gasteiger partial charge is 0.434 e. The highest BCUT2D eigenvalue weighted by atomic mass is 16.5. The average molecular weight is 412 g/mol. The van der Waals surface area contributed by atoms with Crippen molar-refractivity contribution in [1.29, 1.82) is 0 Å². The molecule has 8 nitrogen and oxygen atoms in total. The fraction of sp³-hybridized carbons (Fsp3) is 0.364. The van der Waals surface area contributed by atoms with E-state index in [9.17, 15) is 14.7 Å². The van der Waals surface area contributed by atoms with Crippen LogP contribution in [0.25, 0.3) is 0 Å². The van der Waals surface area contributed by atoms with Crippen molar-refractivity contribution >= 4 is 35.1 Å². The summed E-state index contributed by atoms with van der Waals surface area (Å²) in [5, 5.41) is 13.6. The van der Waals surface area contributed by atoms with E-state index in [0.717, 1.165) is 49.0 Å². The number of nitrogens with one attached hydrogen (secondary N) is 1. The minimum atomic E-state index is -0.568. The van der Waals surface area contributed by atoms with Crippen molar-refractivity contribution in [1.82, 2.24) is 0 Å². The molecular weight excluding hydrogens is 384 g/mol. The van der Waals surface area contributed by atoms with E-state index in [-0.39, 0.29) is 5.75 Å². The van der Waals surface area contributed by atoms with Crippen molar-refractivity contribution in [3.8, 4) is 5.75 Å². The Morgan fingerprint density at radius 1 is 1.20 bits per heavy atom. The third kappa shape index (κ3) is 4.27. The summed E-state index contributed by atoms with van der Waals surface area (Å²) in [5.41, 5.74) is 6.98. The molecule has 8 heteroatoms. The molecule has 1 aliphatic heterocycles. The van der Waals surface area contributed by atoms with Crippen LogP contribution < -0.4 is 20.5 Å².